The zero-order valence-corrected chi connectivity index (χ0v) is 14.7. The average Bonchev–Trinajstić information content (AvgIpc) is 3.14. The van der Waals surface area contributed by atoms with E-state index in [-0.39, 0.29) is 17.8 Å². The van der Waals surface area contributed by atoms with Crippen molar-refractivity contribution in [3.05, 3.63) is 29.8 Å². The van der Waals surface area contributed by atoms with Crippen molar-refractivity contribution in [2.45, 2.75) is 39.5 Å². The molecular formula is C19H28N2O3. The third-order valence-electron chi connectivity index (χ3n) is 4.65. The largest absolute Gasteiger partial charge is 0.461 e. The molecule has 0 bridgehead atoms. The predicted molar refractivity (Wildman–Crippen MR) is 95.1 cm³/mol. The average molecular weight is 332 g/mol. The summed E-state index contributed by atoms with van der Waals surface area (Å²) in [4.78, 5) is 26.3. The summed E-state index contributed by atoms with van der Waals surface area (Å²) in [5.74, 6) is -0.104. The highest BCUT2D eigenvalue weighted by Gasteiger charge is 2.22. The second-order valence-corrected chi connectivity index (χ2v) is 6.21. The van der Waals surface area contributed by atoms with Crippen molar-refractivity contribution in [3.63, 3.8) is 0 Å². The molecule has 132 valence electrons. The van der Waals surface area contributed by atoms with Crippen molar-refractivity contribution >= 4 is 17.6 Å². The van der Waals surface area contributed by atoms with Gasteiger partial charge in [-0.05, 0) is 50.2 Å². The first-order chi connectivity index (χ1) is 11.6. The highest BCUT2D eigenvalue weighted by Crippen LogP contribution is 2.26. The van der Waals surface area contributed by atoms with Crippen LogP contribution in [-0.4, -0.2) is 43.0 Å². The summed E-state index contributed by atoms with van der Waals surface area (Å²) in [7, 11) is 0. The van der Waals surface area contributed by atoms with Gasteiger partial charge in [0.2, 0.25) is 5.91 Å². The summed E-state index contributed by atoms with van der Waals surface area (Å²) in [5.41, 5.74) is 1.24. The molecule has 1 aliphatic rings. The van der Waals surface area contributed by atoms with Crippen molar-refractivity contribution in [2.24, 2.45) is 5.92 Å². The lowest BCUT2D eigenvalue weighted by molar-refractivity contribution is -0.119. The van der Waals surface area contributed by atoms with Crippen molar-refractivity contribution in [2.75, 3.05) is 31.6 Å². The monoisotopic (exact) mass is 332 g/mol. The number of likely N-dealkylation sites (N-methyl/N-ethyl adjacent to an activating group) is 1. The topological polar surface area (TPSA) is 58.6 Å². The van der Waals surface area contributed by atoms with Gasteiger partial charge in [-0.25, -0.2) is 4.79 Å². The minimum atomic E-state index is -0.323. The lowest BCUT2D eigenvalue weighted by Gasteiger charge is -2.17. The Hall–Kier alpha value is -1.88. The van der Waals surface area contributed by atoms with E-state index >= 15 is 0 Å². The molecule has 1 aromatic rings. The molecule has 0 atom stereocenters. The third-order valence-corrected chi connectivity index (χ3v) is 4.65. The minimum absolute atomic E-state index is 0.0852. The Bertz CT molecular complexity index is 532. The van der Waals surface area contributed by atoms with Gasteiger partial charge in [0.1, 0.15) is 6.61 Å². The van der Waals surface area contributed by atoms with Gasteiger partial charge < -0.3 is 15.0 Å². The molecule has 1 N–H and O–H groups in total. The Balaban J connectivity index is 1.80. The van der Waals surface area contributed by atoms with Gasteiger partial charge >= 0.3 is 5.97 Å². The maximum Gasteiger partial charge on any atom is 0.338 e. The standard InChI is InChI=1S/C19H28N2O3/c1-3-21(4-2)13-14-24-19(23)16-9-11-17(12-10-16)20-18(22)15-7-5-6-8-15/h9-12,15H,3-8,13-14H2,1-2H3,(H,20,22). The molecule has 0 heterocycles. The molecule has 0 radical (unpaired) electrons. The Kier molecular flexibility index (Phi) is 7.25. The van der Waals surface area contributed by atoms with Crippen LogP contribution in [0.4, 0.5) is 5.69 Å². The normalized spacial score (nSPS) is 14.8. The zero-order chi connectivity index (χ0) is 17.4. The third kappa shape index (κ3) is 5.34. The molecule has 5 heteroatoms. The van der Waals surface area contributed by atoms with Gasteiger partial charge in [-0.2, -0.15) is 0 Å². The van der Waals surface area contributed by atoms with Gasteiger partial charge in [-0.1, -0.05) is 26.7 Å². The van der Waals surface area contributed by atoms with E-state index in [0.717, 1.165) is 51.0 Å². The van der Waals surface area contributed by atoms with E-state index in [9.17, 15) is 9.59 Å². The Morgan fingerprint density at radius 3 is 2.33 bits per heavy atom. The van der Waals surface area contributed by atoms with Gasteiger partial charge in [0.15, 0.2) is 0 Å². The Morgan fingerprint density at radius 1 is 1.12 bits per heavy atom. The van der Waals surface area contributed by atoms with Crippen molar-refractivity contribution in [3.8, 4) is 0 Å². The number of nitrogens with one attached hydrogen (secondary N) is 1. The van der Waals surface area contributed by atoms with Crippen molar-refractivity contribution in [1.29, 1.82) is 0 Å². The van der Waals surface area contributed by atoms with E-state index in [1.54, 1.807) is 24.3 Å². The van der Waals surface area contributed by atoms with Crippen molar-refractivity contribution in [1.82, 2.24) is 4.90 Å². The van der Waals surface area contributed by atoms with Crippen LogP contribution in [0.25, 0.3) is 0 Å². The molecule has 0 aliphatic heterocycles. The SMILES string of the molecule is CCN(CC)CCOC(=O)c1ccc(NC(=O)C2CCCC2)cc1. The lowest BCUT2D eigenvalue weighted by Crippen LogP contribution is -2.27. The molecule has 0 aromatic heterocycles. The van der Waals surface area contributed by atoms with Crippen LogP contribution in [0.15, 0.2) is 24.3 Å². The van der Waals surface area contributed by atoms with Crippen LogP contribution in [0.2, 0.25) is 0 Å². The highest BCUT2D eigenvalue weighted by molar-refractivity contribution is 5.94. The summed E-state index contributed by atoms with van der Waals surface area (Å²) in [5, 5.41) is 2.93. The molecule has 1 saturated carbocycles. The first-order valence-corrected chi connectivity index (χ1v) is 8.94. The van der Waals surface area contributed by atoms with E-state index in [0.29, 0.717) is 12.2 Å². The van der Waals surface area contributed by atoms with Crippen LogP contribution in [0, 0.1) is 5.92 Å². The molecule has 1 aliphatic carbocycles. The Labute approximate surface area is 144 Å². The summed E-state index contributed by atoms with van der Waals surface area (Å²) >= 11 is 0. The quantitative estimate of drug-likeness (QED) is 0.742. The van der Waals surface area contributed by atoms with E-state index in [2.05, 4.69) is 24.1 Å². The minimum Gasteiger partial charge on any atom is -0.461 e. The van der Waals surface area contributed by atoms with Crippen LogP contribution in [0.3, 0.4) is 0 Å². The maximum absolute atomic E-state index is 12.1. The number of nitrogens with zero attached hydrogens (tertiary/aromatic N) is 1. The maximum atomic E-state index is 12.1. The summed E-state index contributed by atoms with van der Waals surface area (Å²) in [6.45, 7) is 7.20. The molecule has 1 aromatic carbocycles. The first kappa shape index (κ1) is 18.5. The number of anilines is 1. The lowest BCUT2D eigenvalue weighted by atomic mass is 10.1. The van der Waals surface area contributed by atoms with Gasteiger partial charge in [0, 0.05) is 18.2 Å². The summed E-state index contributed by atoms with van der Waals surface area (Å²) in [6, 6.07) is 6.91. The molecule has 2 rings (SSSR count). The fourth-order valence-electron chi connectivity index (χ4n) is 3.01. The number of carbonyl (C=O) groups excluding carboxylic acids is 2. The number of esters is 1. The molecule has 1 fully saturated rings. The van der Waals surface area contributed by atoms with Crippen LogP contribution in [-0.2, 0) is 9.53 Å². The molecular weight excluding hydrogens is 304 g/mol. The number of carbonyl (C=O) groups is 2. The molecule has 24 heavy (non-hydrogen) atoms. The Morgan fingerprint density at radius 2 is 1.75 bits per heavy atom. The molecule has 0 saturated heterocycles. The van der Waals surface area contributed by atoms with Gasteiger partial charge in [0.05, 0.1) is 5.56 Å². The molecule has 5 nitrogen and oxygen atoms in total. The summed E-state index contributed by atoms with van der Waals surface area (Å²) < 4.78 is 5.30. The molecule has 0 spiro atoms. The summed E-state index contributed by atoms with van der Waals surface area (Å²) in [6.07, 6.45) is 4.22. The zero-order valence-electron chi connectivity index (χ0n) is 14.7. The van der Waals surface area contributed by atoms with E-state index in [4.69, 9.17) is 4.74 Å². The second kappa shape index (κ2) is 9.42. The van der Waals surface area contributed by atoms with Crippen LogP contribution in [0.1, 0.15) is 49.9 Å². The number of hydrogen-bond donors (Lipinski definition) is 1. The number of benzene rings is 1. The fraction of sp³-hybridized carbons (Fsp3) is 0.579. The van der Waals surface area contributed by atoms with Gasteiger partial charge in [0.25, 0.3) is 0 Å². The molecule has 0 unspecified atom stereocenters. The number of ether oxygens (including phenoxy) is 1. The number of rotatable bonds is 8. The van der Waals surface area contributed by atoms with Crippen LogP contribution in [0.5, 0.6) is 0 Å². The van der Waals surface area contributed by atoms with E-state index < -0.39 is 0 Å². The van der Waals surface area contributed by atoms with Crippen LogP contribution < -0.4 is 5.32 Å². The fourth-order valence-corrected chi connectivity index (χ4v) is 3.01. The smallest absolute Gasteiger partial charge is 0.338 e. The van der Waals surface area contributed by atoms with E-state index in [1.165, 1.54) is 0 Å². The van der Waals surface area contributed by atoms with Gasteiger partial charge in [-0.3, -0.25) is 4.79 Å². The highest BCUT2D eigenvalue weighted by atomic mass is 16.5. The number of hydrogen-bond acceptors (Lipinski definition) is 4. The predicted octanol–water partition coefficient (Wildman–Crippen LogP) is 3.31. The number of amides is 1. The first-order valence-electron chi connectivity index (χ1n) is 8.94. The van der Waals surface area contributed by atoms with Gasteiger partial charge in [-0.15, -0.1) is 0 Å². The second-order valence-electron chi connectivity index (χ2n) is 6.21. The van der Waals surface area contributed by atoms with E-state index in [1.807, 2.05) is 0 Å². The van der Waals surface area contributed by atoms with Crippen LogP contribution >= 0.6 is 0 Å². The molecule has 1 amide bonds. The van der Waals surface area contributed by atoms with Crippen molar-refractivity contribution < 1.29 is 14.3 Å².